The Morgan fingerprint density at radius 2 is 2.27 bits per heavy atom. The van der Waals surface area contributed by atoms with E-state index in [2.05, 4.69) is 0 Å². The molecule has 0 radical (unpaired) electrons. The lowest BCUT2D eigenvalue weighted by molar-refractivity contribution is 0.461. The minimum Gasteiger partial charge on any atom is -0.507 e. The van der Waals surface area contributed by atoms with E-state index in [1.54, 1.807) is 12.1 Å². The molecular formula is C8H7NOS. The molecule has 0 atom stereocenters. The van der Waals surface area contributed by atoms with Crippen molar-refractivity contribution in [1.29, 1.82) is 5.26 Å². The first kappa shape index (κ1) is 7.96. The number of aromatic hydroxyl groups is 1. The SMILES string of the molecule is Cc1cccc(O)c1SC#N. The quantitative estimate of drug-likeness (QED) is 0.512. The molecule has 1 aromatic carbocycles. The van der Waals surface area contributed by atoms with Gasteiger partial charge in [-0.1, -0.05) is 12.1 Å². The third kappa shape index (κ3) is 1.66. The number of nitrogens with zero attached hydrogens (tertiary/aromatic N) is 1. The van der Waals surface area contributed by atoms with E-state index in [9.17, 15) is 5.11 Å². The predicted molar refractivity (Wildman–Crippen MR) is 44.3 cm³/mol. The monoisotopic (exact) mass is 165 g/mol. The molecule has 0 spiro atoms. The van der Waals surface area contributed by atoms with E-state index < -0.39 is 0 Å². The molecule has 1 aromatic rings. The second-order valence-electron chi connectivity index (χ2n) is 2.12. The van der Waals surface area contributed by atoms with Crippen LogP contribution in [0.3, 0.4) is 0 Å². The molecule has 0 unspecified atom stereocenters. The standard InChI is InChI=1S/C8H7NOS/c1-6-3-2-4-7(10)8(6)11-5-9/h2-4,10H,1H3. The lowest BCUT2D eigenvalue weighted by Gasteiger charge is -2.01. The van der Waals surface area contributed by atoms with Crippen LogP contribution in [-0.4, -0.2) is 5.11 Å². The molecule has 1 N–H and O–H groups in total. The zero-order valence-corrected chi connectivity index (χ0v) is 6.85. The molecule has 0 fully saturated rings. The van der Waals surface area contributed by atoms with Gasteiger partial charge in [-0.05, 0) is 30.3 Å². The van der Waals surface area contributed by atoms with Gasteiger partial charge in [-0.3, -0.25) is 0 Å². The zero-order valence-electron chi connectivity index (χ0n) is 6.03. The van der Waals surface area contributed by atoms with Crippen molar-refractivity contribution in [2.75, 3.05) is 0 Å². The molecule has 0 heterocycles. The Balaban J connectivity index is 3.12. The summed E-state index contributed by atoms with van der Waals surface area (Å²) in [5, 5.41) is 19.5. The van der Waals surface area contributed by atoms with Crippen LogP contribution in [0.4, 0.5) is 0 Å². The van der Waals surface area contributed by atoms with Crippen molar-refractivity contribution in [3.8, 4) is 11.2 Å². The maximum absolute atomic E-state index is 9.25. The minimum absolute atomic E-state index is 0.177. The second-order valence-corrected chi connectivity index (χ2v) is 2.91. The fourth-order valence-corrected chi connectivity index (χ4v) is 1.31. The van der Waals surface area contributed by atoms with Gasteiger partial charge < -0.3 is 5.11 Å². The van der Waals surface area contributed by atoms with Crippen molar-refractivity contribution in [2.45, 2.75) is 11.8 Å². The highest BCUT2D eigenvalue weighted by atomic mass is 32.2. The normalized spacial score (nSPS) is 9.09. The van der Waals surface area contributed by atoms with Gasteiger partial charge in [-0.25, -0.2) is 0 Å². The molecule has 0 bridgehead atoms. The fourth-order valence-electron chi connectivity index (χ4n) is 0.815. The summed E-state index contributed by atoms with van der Waals surface area (Å²) >= 11 is 0.984. The molecule has 2 nitrogen and oxygen atoms in total. The molecule has 0 aliphatic heterocycles. The average molecular weight is 165 g/mol. The first-order valence-electron chi connectivity index (χ1n) is 3.10. The summed E-state index contributed by atoms with van der Waals surface area (Å²) in [6.07, 6.45) is 0. The highest BCUT2D eigenvalue weighted by Gasteiger charge is 2.02. The highest BCUT2D eigenvalue weighted by Crippen LogP contribution is 2.30. The molecule has 0 aliphatic rings. The van der Waals surface area contributed by atoms with Crippen LogP contribution in [0.2, 0.25) is 0 Å². The summed E-state index contributed by atoms with van der Waals surface area (Å²) in [5.41, 5.74) is 0.927. The Labute approximate surface area is 69.5 Å². The molecule has 0 amide bonds. The van der Waals surface area contributed by atoms with E-state index >= 15 is 0 Å². The van der Waals surface area contributed by atoms with Crippen molar-refractivity contribution in [3.63, 3.8) is 0 Å². The molecule has 11 heavy (non-hydrogen) atoms. The van der Waals surface area contributed by atoms with Crippen LogP contribution in [0.25, 0.3) is 0 Å². The third-order valence-corrected chi connectivity index (χ3v) is 2.17. The van der Waals surface area contributed by atoms with Gasteiger partial charge in [0.25, 0.3) is 0 Å². The number of aryl methyl sites for hydroxylation is 1. The van der Waals surface area contributed by atoms with E-state index in [1.807, 2.05) is 18.4 Å². The maximum Gasteiger partial charge on any atom is 0.138 e. The lowest BCUT2D eigenvalue weighted by atomic mass is 10.2. The average Bonchev–Trinajstić information content (AvgIpc) is 1.97. The summed E-state index contributed by atoms with van der Waals surface area (Å²) in [6.45, 7) is 1.86. The first-order chi connectivity index (χ1) is 5.25. The molecule has 0 aromatic heterocycles. The number of phenols is 1. The number of phenolic OH excluding ortho intramolecular Hbond substituents is 1. The van der Waals surface area contributed by atoms with Crippen LogP contribution in [0.5, 0.6) is 5.75 Å². The van der Waals surface area contributed by atoms with E-state index in [0.717, 1.165) is 17.3 Å². The van der Waals surface area contributed by atoms with E-state index in [-0.39, 0.29) is 5.75 Å². The number of thiocyanates is 1. The topological polar surface area (TPSA) is 44.0 Å². The molecule has 1 rings (SSSR count). The van der Waals surface area contributed by atoms with Crippen LogP contribution in [-0.2, 0) is 0 Å². The number of hydrogen-bond donors (Lipinski definition) is 1. The summed E-state index contributed by atoms with van der Waals surface area (Å²) in [7, 11) is 0. The Hall–Kier alpha value is -1.14. The number of nitriles is 1. The summed E-state index contributed by atoms with van der Waals surface area (Å²) in [4.78, 5) is 0.648. The fraction of sp³-hybridized carbons (Fsp3) is 0.125. The summed E-state index contributed by atoms with van der Waals surface area (Å²) in [5.74, 6) is 0.177. The smallest absolute Gasteiger partial charge is 0.138 e. The largest absolute Gasteiger partial charge is 0.507 e. The van der Waals surface area contributed by atoms with Crippen LogP contribution < -0.4 is 0 Å². The molecule has 0 aliphatic carbocycles. The predicted octanol–water partition coefficient (Wildman–Crippen LogP) is 2.27. The van der Waals surface area contributed by atoms with Crippen molar-refractivity contribution < 1.29 is 5.11 Å². The van der Waals surface area contributed by atoms with Crippen molar-refractivity contribution in [1.82, 2.24) is 0 Å². The molecule has 0 saturated heterocycles. The second kappa shape index (κ2) is 3.31. The van der Waals surface area contributed by atoms with Gasteiger partial charge in [0.05, 0.1) is 4.90 Å². The molecule has 3 heteroatoms. The van der Waals surface area contributed by atoms with E-state index in [4.69, 9.17) is 5.26 Å². The van der Waals surface area contributed by atoms with Crippen molar-refractivity contribution in [3.05, 3.63) is 23.8 Å². The molecular weight excluding hydrogens is 158 g/mol. The number of thioether (sulfide) groups is 1. The van der Waals surface area contributed by atoms with Crippen molar-refractivity contribution in [2.24, 2.45) is 0 Å². The maximum atomic E-state index is 9.25. The number of hydrogen-bond acceptors (Lipinski definition) is 3. The van der Waals surface area contributed by atoms with Gasteiger partial charge >= 0.3 is 0 Å². The lowest BCUT2D eigenvalue weighted by Crippen LogP contribution is -1.77. The van der Waals surface area contributed by atoms with Gasteiger partial charge in [0.15, 0.2) is 0 Å². The number of benzene rings is 1. The third-order valence-electron chi connectivity index (χ3n) is 1.34. The Bertz CT molecular complexity index is 283. The van der Waals surface area contributed by atoms with Gasteiger partial charge in [0, 0.05) is 0 Å². The van der Waals surface area contributed by atoms with Gasteiger partial charge in [0.1, 0.15) is 11.2 Å². The summed E-state index contributed by atoms with van der Waals surface area (Å²) in [6, 6.07) is 5.19. The Morgan fingerprint density at radius 3 is 2.82 bits per heavy atom. The van der Waals surface area contributed by atoms with Gasteiger partial charge in [0.2, 0.25) is 0 Å². The van der Waals surface area contributed by atoms with Crippen LogP contribution in [0.1, 0.15) is 5.56 Å². The zero-order chi connectivity index (χ0) is 8.27. The summed E-state index contributed by atoms with van der Waals surface area (Å²) < 4.78 is 0. The first-order valence-corrected chi connectivity index (χ1v) is 3.92. The highest BCUT2D eigenvalue weighted by molar-refractivity contribution is 8.03. The molecule has 56 valence electrons. The van der Waals surface area contributed by atoms with Gasteiger partial charge in [-0.15, -0.1) is 0 Å². The van der Waals surface area contributed by atoms with Crippen LogP contribution in [0.15, 0.2) is 23.1 Å². The van der Waals surface area contributed by atoms with E-state index in [1.165, 1.54) is 0 Å². The van der Waals surface area contributed by atoms with Crippen LogP contribution in [0, 0.1) is 17.6 Å². The van der Waals surface area contributed by atoms with Crippen molar-refractivity contribution >= 4 is 11.8 Å². The molecule has 0 saturated carbocycles. The van der Waals surface area contributed by atoms with Crippen LogP contribution >= 0.6 is 11.8 Å². The number of rotatable bonds is 1. The van der Waals surface area contributed by atoms with Gasteiger partial charge in [-0.2, -0.15) is 5.26 Å². The minimum atomic E-state index is 0.177. The Kier molecular flexibility index (Phi) is 2.40. The van der Waals surface area contributed by atoms with E-state index in [0.29, 0.717) is 4.90 Å². The Morgan fingerprint density at radius 1 is 1.55 bits per heavy atom.